The van der Waals surface area contributed by atoms with Crippen LogP contribution in [0.2, 0.25) is 0 Å². The predicted octanol–water partition coefficient (Wildman–Crippen LogP) is -2.25. The van der Waals surface area contributed by atoms with Gasteiger partial charge in [-0.2, -0.15) is 0 Å². The first-order valence-corrected chi connectivity index (χ1v) is 6.67. The highest BCUT2D eigenvalue weighted by molar-refractivity contribution is 5.81. The Labute approximate surface area is 121 Å². The van der Waals surface area contributed by atoms with E-state index in [1.807, 2.05) is 0 Å². The Morgan fingerprint density at radius 3 is 2.67 bits per heavy atom. The van der Waals surface area contributed by atoms with E-state index < -0.39 is 47.9 Å². The monoisotopic (exact) mass is 304 g/mol. The van der Waals surface area contributed by atoms with Gasteiger partial charge in [-0.1, -0.05) is 0 Å². The van der Waals surface area contributed by atoms with Crippen LogP contribution in [0.15, 0.2) is 0 Å². The van der Waals surface area contributed by atoms with E-state index in [0.29, 0.717) is 0 Å². The maximum atomic E-state index is 11.6. The maximum Gasteiger partial charge on any atom is 0.336 e. The van der Waals surface area contributed by atoms with Crippen LogP contribution in [0.3, 0.4) is 0 Å². The zero-order valence-corrected chi connectivity index (χ0v) is 11.6. The second kappa shape index (κ2) is 5.85. The van der Waals surface area contributed by atoms with E-state index in [9.17, 15) is 19.8 Å². The van der Waals surface area contributed by atoms with Gasteiger partial charge in [0.05, 0.1) is 24.9 Å². The van der Waals surface area contributed by atoms with E-state index in [2.05, 4.69) is 5.32 Å². The third-order valence-electron chi connectivity index (χ3n) is 4.10. The van der Waals surface area contributed by atoms with Gasteiger partial charge in [0, 0.05) is 12.8 Å². The topological polar surface area (TPSA) is 151 Å². The molecule has 0 radical (unpaired) electrons. The number of ether oxygens (including phenoxy) is 2. The molecule has 2 saturated heterocycles. The highest BCUT2D eigenvalue weighted by Gasteiger charge is 2.57. The number of nitrogens with two attached hydrogens (primary N) is 1. The first kappa shape index (κ1) is 16.1. The van der Waals surface area contributed by atoms with Crippen molar-refractivity contribution in [2.45, 2.75) is 48.8 Å². The zero-order chi connectivity index (χ0) is 15.8. The Kier molecular flexibility index (Phi) is 4.49. The standard InChI is InChI=1S/C12H20N2O7/c1-14-8-6(15)4-20-7-3-12(11(18)19,21-9(7)8)2-5(13)10(16)17/h5-9,14-15H,2-4,13H2,1H3,(H,16,17)(H,18,19). The molecule has 2 rings (SSSR count). The molecule has 9 heteroatoms. The third-order valence-corrected chi connectivity index (χ3v) is 4.10. The Morgan fingerprint density at radius 1 is 1.48 bits per heavy atom. The number of likely N-dealkylation sites (N-methyl/N-ethyl adjacent to an activating group) is 1. The number of aliphatic carboxylic acids is 2. The van der Waals surface area contributed by atoms with Gasteiger partial charge in [0.25, 0.3) is 0 Å². The Bertz CT molecular complexity index is 432. The number of carboxylic acid groups (broad SMARTS) is 2. The molecule has 0 amide bonds. The molecule has 2 fully saturated rings. The van der Waals surface area contributed by atoms with Crippen molar-refractivity contribution in [3.63, 3.8) is 0 Å². The summed E-state index contributed by atoms with van der Waals surface area (Å²) in [6.45, 7) is 0.0662. The van der Waals surface area contributed by atoms with E-state index >= 15 is 0 Å². The first-order chi connectivity index (χ1) is 9.80. The molecule has 2 aliphatic heterocycles. The highest BCUT2D eigenvalue weighted by Crippen LogP contribution is 2.40. The number of rotatable bonds is 5. The third kappa shape index (κ3) is 2.87. The van der Waals surface area contributed by atoms with Crippen LogP contribution < -0.4 is 11.1 Å². The number of carboxylic acids is 2. The van der Waals surface area contributed by atoms with Gasteiger partial charge < -0.3 is 35.8 Å². The minimum absolute atomic E-state index is 0.00111. The van der Waals surface area contributed by atoms with Crippen LogP contribution in [-0.2, 0) is 19.1 Å². The summed E-state index contributed by atoms with van der Waals surface area (Å²) in [6.07, 6.45) is -2.38. The van der Waals surface area contributed by atoms with Gasteiger partial charge >= 0.3 is 11.9 Å². The molecule has 21 heavy (non-hydrogen) atoms. The normalized spacial score (nSPS) is 40.5. The molecule has 6 unspecified atom stereocenters. The SMILES string of the molecule is CNC1C(O)COC2CC(CC(N)C(=O)O)(C(=O)O)OC21. The fraction of sp³-hybridized carbons (Fsp3) is 0.833. The minimum Gasteiger partial charge on any atom is -0.480 e. The number of hydrogen-bond donors (Lipinski definition) is 5. The summed E-state index contributed by atoms with van der Waals surface area (Å²) in [5, 5.41) is 31.1. The van der Waals surface area contributed by atoms with Gasteiger partial charge in [0.1, 0.15) is 12.1 Å². The van der Waals surface area contributed by atoms with Crippen molar-refractivity contribution in [1.82, 2.24) is 5.32 Å². The zero-order valence-electron chi connectivity index (χ0n) is 11.6. The van der Waals surface area contributed by atoms with Gasteiger partial charge in [-0.05, 0) is 7.05 Å². The first-order valence-electron chi connectivity index (χ1n) is 6.67. The lowest BCUT2D eigenvalue weighted by molar-refractivity contribution is -0.175. The van der Waals surface area contributed by atoms with Crippen LogP contribution >= 0.6 is 0 Å². The Hall–Kier alpha value is -1.26. The van der Waals surface area contributed by atoms with E-state index in [1.54, 1.807) is 7.05 Å². The summed E-state index contributed by atoms with van der Waals surface area (Å²) in [5.41, 5.74) is 3.74. The summed E-state index contributed by atoms with van der Waals surface area (Å²) in [7, 11) is 1.63. The molecule has 0 spiro atoms. The lowest BCUT2D eigenvalue weighted by atomic mass is 9.89. The predicted molar refractivity (Wildman–Crippen MR) is 68.7 cm³/mol. The number of aliphatic hydroxyl groups excluding tert-OH is 1. The number of hydrogen-bond acceptors (Lipinski definition) is 7. The van der Waals surface area contributed by atoms with E-state index in [1.165, 1.54) is 0 Å². The summed E-state index contributed by atoms with van der Waals surface area (Å²) in [4.78, 5) is 22.5. The number of carbonyl (C=O) groups is 2. The van der Waals surface area contributed by atoms with Crippen LogP contribution in [0.25, 0.3) is 0 Å². The van der Waals surface area contributed by atoms with Crippen LogP contribution in [0.5, 0.6) is 0 Å². The van der Waals surface area contributed by atoms with Crippen LogP contribution in [-0.4, -0.2) is 76.9 Å². The summed E-state index contributed by atoms with van der Waals surface area (Å²) in [6, 6.07) is -1.83. The van der Waals surface area contributed by atoms with Crippen molar-refractivity contribution in [2.24, 2.45) is 5.73 Å². The van der Waals surface area contributed by atoms with Crippen molar-refractivity contribution < 1.29 is 34.4 Å². The molecular formula is C12H20N2O7. The minimum atomic E-state index is -1.72. The quantitative estimate of drug-likeness (QED) is 0.379. The number of nitrogens with one attached hydrogen (secondary N) is 1. The maximum absolute atomic E-state index is 11.6. The molecule has 0 aromatic carbocycles. The lowest BCUT2D eigenvalue weighted by Gasteiger charge is -2.36. The fourth-order valence-corrected chi connectivity index (χ4v) is 2.98. The molecule has 0 aromatic heterocycles. The lowest BCUT2D eigenvalue weighted by Crippen LogP contribution is -2.57. The number of fused-ring (bicyclic) bond motifs is 1. The molecule has 6 N–H and O–H groups in total. The largest absolute Gasteiger partial charge is 0.480 e. The molecule has 0 saturated carbocycles. The highest BCUT2D eigenvalue weighted by atomic mass is 16.6. The molecule has 2 aliphatic rings. The average molecular weight is 304 g/mol. The van der Waals surface area contributed by atoms with E-state index in [0.717, 1.165) is 0 Å². The summed E-state index contributed by atoms with van der Waals surface area (Å²) >= 11 is 0. The van der Waals surface area contributed by atoms with Crippen molar-refractivity contribution in [3.8, 4) is 0 Å². The van der Waals surface area contributed by atoms with E-state index in [4.69, 9.17) is 20.3 Å². The second-order valence-electron chi connectivity index (χ2n) is 5.49. The van der Waals surface area contributed by atoms with Gasteiger partial charge in [0.15, 0.2) is 5.60 Å². The van der Waals surface area contributed by atoms with Gasteiger partial charge in [-0.3, -0.25) is 4.79 Å². The molecule has 2 heterocycles. The van der Waals surface area contributed by atoms with Crippen LogP contribution in [0.4, 0.5) is 0 Å². The smallest absolute Gasteiger partial charge is 0.336 e. The second-order valence-corrected chi connectivity index (χ2v) is 5.49. The molecule has 120 valence electrons. The Morgan fingerprint density at radius 2 is 2.14 bits per heavy atom. The molecule has 0 aromatic rings. The van der Waals surface area contributed by atoms with Crippen molar-refractivity contribution in [1.29, 1.82) is 0 Å². The van der Waals surface area contributed by atoms with Crippen LogP contribution in [0.1, 0.15) is 12.8 Å². The van der Waals surface area contributed by atoms with Crippen molar-refractivity contribution in [2.75, 3.05) is 13.7 Å². The van der Waals surface area contributed by atoms with E-state index in [-0.39, 0.29) is 19.4 Å². The molecule has 6 atom stereocenters. The molecule has 0 aliphatic carbocycles. The molecule has 9 nitrogen and oxygen atoms in total. The van der Waals surface area contributed by atoms with Gasteiger partial charge in [-0.15, -0.1) is 0 Å². The van der Waals surface area contributed by atoms with Crippen molar-refractivity contribution >= 4 is 11.9 Å². The average Bonchev–Trinajstić information content (AvgIpc) is 2.78. The molecular weight excluding hydrogens is 284 g/mol. The van der Waals surface area contributed by atoms with Crippen LogP contribution in [0, 0.1) is 0 Å². The van der Waals surface area contributed by atoms with Gasteiger partial charge in [-0.25, -0.2) is 4.79 Å². The molecule has 0 bridgehead atoms. The van der Waals surface area contributed by atoms with Crippen molar-refractivity contribution in [3.05, 3.63) is 0 Å². The Balaban J connectivity index is 2.22. The summed E-state index contributed by atoms with van der Waals surface area (Å²) < 4.78 is 11.0. The number of aliphatic hydroxyl groups is 1. The summed E-state index contributed by atoms with van der Waals surface area (Å²) in [5.74, 6) is -2.57. The van der Waals surface area contributed by atoms with Gasteiger partial charge in [0.2, 0.25) is 0 Å². The fourth-order valence-electron chi connectivity index (χ4n) is 2.98.